The number of nitrogens with zero attached hydrogens (tertiary/aromatic N) is 3. The molecule has 2 bridgehead atoms. The Morgan fingerprint density at radius 3 is 2.15 bits per heavy atom. The molecule has 0 saturated carbocycles. The van der Waals surface area contributed by atoms with Crippen molar-refractivity contribution >= 4 is 40.9 Å². The molecule has 1 aliphatic heterocycles. The van der Waals surface area contributed by atoms with Crippen LogP contribution in [0.2, 0.25) is 0 Å². The molecule has 2 aromatic rings. The fourth-order valence-corrected chi connectivity index (χ4v) is 6.54. The number of phenolic OH excluding ortho intramolecular Hbond substituents is 1. The lowest BCUT2D eigenvalue weighted by atomic mass is 9.96. The molecule has 0 spiro atoms. The second-order valence-electron chi connectivity index (χ2n) is 13.0. The normalized spacial score (nSPS) is 25.6. The summed E-state index contributed by atoms with van der Waals surface area (Å²) in [7, 11) is 3.02. The minimum atomic E-state index is -1.22. The van der Waals surface area contributed by atoms with Gasteiger partial charge in [-0.15, -0.1) is 11.3 Å². The van der Waals surface area contributed by atoms with E-state index >= 15 is 0 Å². The summed E-state index contributed by atoms with van der Waals surface area (Å²) < 4.78 is 5.87. The fraction of sp³-hybridized carbons (Fsp3) is 0.588. The number of fused-ring (bicyclic) bond motifs is 2. The number of thiazole rings is 1. The lowest BCUT2D eigenvalue weighted by molar-refractivity contribution is -0.168. The van der Waals surface area contributed by atoms with Crippen LogP contribution in [0.1, 0.15) is 87.6 Å². The first kappa shape index (κ1) is 37.5. The Kier molecular flexibility index (Phi) is 12.9. The van der Waals surface area contributed by atoms with Crippen molar-refractivity contribution in [2.24, 2.45) is 17.8 Å². The standard InChI is InChI=1S/C34H49N5O7S/c1-10-11-24-20(6)34(45)46-28(19(4)5)33(44)38(8)25(16-22-12-14-23(40)15-13-22)32(43)39(9)27(18(2)3)30(42)36-21(7)31-35-17-26(47-31)29(41)37-24/h12-15,17-21,24-25,27-28,40H,10-11,16H2,1-9H3,(H,36,42)(H,37,41)/t20-,21-,24+,25-,27-,28-/m0/s1. The first-order chi connectivity index (χ1) is 22.1. The number of benzene rings is 1. The molecule has 3 N–H and O–H groups in total. The quantitative estimate of drug-likeness (QED) is 0.393. The van der Waals surface area contributed by atoms with E-state index in [1.54, 1.807) is 39.8 Å². The Morgan fingerprint density at radius 2 is 1.57 bits per heavy atom. The molecule has 12 nitrogen and oxygen atoms in total. The van der Waals surface area contributed by atoms with Gasteiger partial charge >= 0.3 is 5.97 Å². The molecule has 1 aromatic carbocycles. The average molecular weight is 672 g/mol. The number of rotatable bonds is 6. The molecule has 0 aliphatic carbocycles. The van der Waals surface area contributed by atoms with Crippen LogP contribution in [-0.2, 0) is 30.3 Å². The van der Waals surface area contributed by atoms with E-state index in [0.717, 1.165) is 11.3 Å². The zero-order valence-corrected chi connectivity index (χ0v) is 29.6. The van der Waals surface area contributed by atoms with Crippen LogP contribution in [0.3, 0.4) is 0 Å². The third-order valence-corrected chi connectivity index (χ3v) is 9.77. The van der Waals surface area contributed by atoms with Crippen LogP contribution in [0, 0.1) is 17.8 Å². The second kappa shape index (κ2) is 16.2. The Morgan fingerprint density at radius 1 is 0.936 bits per heavy atom. The van der Waals surface area contributed by atoms with Gasteiger partial charge in [-0.2, -0.15) is 0 Å². The van der Waals surface area contributed by atoms with Crippen molar-refractivity contribution < 1.29 is 33.8 Å². The molecule has 1 aliphatic rings. The zero-order valence-electron chi connectivity index (χ0n) is 28.8. The van der Waals surface area contributed by atoms with Crippen molar-refractivity contribution in [3.8, 4) is 5.75 Å². The molecule has 47 heavy (non-hydrogen) atoms. The predicted molar refractivity (Wildman–Crippen MR) is 178 cm³/mol. The van der Waals surface area contributed by atoms with Gasteiger partial charge in [-0.3, -0.25) is 24.0 Å². The summed E-state index contributed by atoms with van der Waals surface area (Å²) in [5.74, 6) is -3.98. The predicted octanol–water partition coefficient (Wildman–Crippen LogP) is 3.69. The number of carbonyl (C=O) groups excluding carboxylic acids is 5. The first-order valence-electron chi connectivity index (χ1n) is 16.2. The van der Waals surface area contributed by atoms with E-state index < -0.39 is 71.7 Å². The molecule has 6 atom stereocenters. The number of amides is 4. The molecular weight excluding hydrogens is 622 g/mol. The average Bonchev–Trinajstić information content (AvgIpc) is 3.52. The molecule has 258 valence electrons. The Labute approximate surface area is 281 Å². The van der Waals surface area contributed by atoms with Crippen molar-refractivity contribution in [1.82, 2.24) is 25.4 Å². The molecule has 0 radical (unpaired) electrons. The Bertz CT molecular complexity index is 1430. The van der Waals surface area contributed by atoms with Gasteiger partial charge in [0.1, 0.15) is 27.7 Å². The molecule has 2 heterocycles. The van der Waals surface area contributed by atoms with Crippen molar-refractivity contribution in [2.75, 3.05) is 14.1 Å². The lowest BCUT2D eigenvalue weighted by Crippen LogP contribution is -2.58. The van der Waals surface area contributed by atoms with E-state index in [9.17, 15) is 29.1 Å². The molecule has 1 aromatic heterocycles. The van der Waals surface area contributed by atoms with E-state index in [4.69, 9.17) is 4.74 Å². The summed E-state index contributed by atoms with van der Waals surface area (Å²) >= 11 is 1.13. The number of phenols is 1. The summed E-state index contributed by atoms with van der Waals surface area (Å²) in [5, 5.41) is 16.2. The smallest absolute Gasteiger partial charge is 0.311 e. The van der Waals surface area contributed by atoms with Crippen molar-refractivity contribution in [3.63, 3.8) is 0 Å². The maximum atomic E-state index is 14.3. The van der Waals surface area contributed by atoms with Crippen LogP contribution >= 0.6 is 11.3 Å². The SMILES string of the molecule is CCC[C@H]1NC(=O)c2cnc(s2)[C@H](C)NC(=O)[C@H](C(C)C)N(C)C(=O)[C@H](Cc2ccc(O)cc2)N(C)C(=O)[C@H](C(C)C)OC(=O)[C@H]1C. The number of aromatic nitrogens is 1. The number of ether oxygens (including phenoxy) is 1. The maximum Gasteiger partial charge on any atom is 0.311 e. The summed E-state index contributed by atoms with van der Waals surface area (Å²) in [6, 6.07) is 3.20. The van der Waals surface area contributed by atoms with E-state index in [1.807, 2.05) is 20.8 Å². The largest absolute Gasteiger partial charge is 0.508 e. The van der Waals surface area contributed by atoms with E-state index in [0.29, 0.717) is 28.3 Å². The number of hydrogen-bond donors (Lipinski definition) is 3. The number of hydrogen-bond acceptors (Lipinski definition) is 9. The number of nitrogens with one attached hydrogen (secondary N) is 2. The Hall–Kier alpha value is -4.00. The van der Waals surface area contributed by atoms with Crippen molar-refractivity contribution in [2.45, 2.75) is 98.0 Å². The first-order valence-corrected chi connectivity index (χ1v) is 17.0. The topological polar surface area (TPSA) is 158 Å². The molecule has 13 heteroatoms. The molecular formula is C34H49N5O7S. The molecule has 0 unspecified atom stereocenters. The monoisotopic (exact) mass is 671 g/mol. The fourth-order valence-electron chi connectivity index (χ4n) is 5.72. The van der Waals surface area contributed by atoms with Gasteiger partial charge in [-0.1, -0.05) is 53.2 Å². The van der Waals surface area contributed by atoms with Crippen molar-refractivity contribution in [1.29, 1.82) is 0 Å². The Balaban J connectivity index is 2.13. The molecule has 0 saturated heterocycles. The van der Waals surface area contributed by atoms with Crippen LogP contribution < -0.4 is 10.6 Å². The highest BCUT2D eigenvalue weighted by molar-refractivity contribution is 7.13. The van der Waals surface area contributed by atoms with Crippen LogP contribution in [0.25, 0.3) is 0 Å². The van der Waals surface area contributed by atoms with Gasteiger partial charge in [0, 0.05) is 26.6 Å². The third-order valence-electron chi connectivity index (χ3n) is 8.59. The van der Waals surface area contributed by atoms with Crippen molar-refractivity contribution in [3.05, 3.63) is 45.9 Å². The van der Waals surface area contributed by atoms with Gasteiger partial charge in [0.2, 0.25) is 11.8 Å². The van der Waals surface area contributed by atoms with Crippen LogP contribution in [0.5, 0.6) is 5.75 Å². The van der Waals surface area contributed by atoms with Gasteiger partial charge in [-0.05, 0) is 49.8 Å². The number of carbonyl (C=O) groups is 5. The summed E-state index contributed by atoms with van der Waals surface area (Å²) in [6.07, 6.45) is 1.47. The highest BCUT2D eigenvalue weighted by Gasteiger charge is 2.41. The molecule has 0 fully saturated rings. The molecule has 4 amide bonds. The minimum absolute atomic E-state index is 0.0543. The van der Waals surface area contributed by atoms with Crippen LogP contribution in [0.4, 0.5) is 0 Å². The number of aromatic hydroxyl groups is 1. The highest BCUT2D eigenvalue weighted by Crippen LogP contribution is 2.25. The summed E-state index contributed by atoms with van der Waals surface area (Å²) in [5.41, 5.74) is 0.677. The zero-order chi connectivity index (χ0) is 35.2. The van der Waals surface area contributed by atoms with E-state index in [1.165, 1.54) is 42.2 Å². The summed E-state index contributed by atoms with van der Waals surface area (Å²) in [4.78, 5) is 76.4. The summed E-state index contributed by atoms with van der Waals surface area (Å²) in [6.45, 7) is 12.5. The van der Waals surface area contributed by atoms with Gasteiger partial charge < -0.3 is 30.3 Å². The van der Waals surface area contributed by atoms with Gasteiger partial charge in [0.05, 0.1) is 18.2 Å². The van der Waals surface area contributed by atoms with Crippen LogP contribution in [0.15, 0.2) is 30.5 Å². The van der Waals surface area contributed by atoms with Gasteiger partial charge in [-0.25, -0.2) is 4.98 Å². The number of likely N-dealkylation sites (N-methyl/N-ethyl adjacent to an activating group) is 2. The van der Waals surface area contributed by atoms with E-state index in [2.05, 4.69) is 15.6 Å². The second-order valence-corrected chi connectivity index (χ2v) is 14.1. The third kappa shape index (κ3) is 9.09. The van der Waals surface area contributed by atoms with Gasteiger partial charge in [0.15, 0.2) is 6.10 Å². The number of cyclic esters (lactones) is 1. The van der Waals surface area contributed by atoms with Crippen LogP contribution in [-0.4, -0.2) is 87.8 Å². The maximum absolute atomic E-state index is 14.3. The number of esters is 1. The lowest BCUT2D eigenvalue weighted by Gasteiger charge is -2.37. The van der Waals surface area contributed by atoms with Gasteiger partial charge in [0.25, 0.3) is 11.8 Å². The van der Waals surface area contributed by atoms with E-state index in [-0.39, 0.29) is 18.1 Å². The highest BCUT2D eigenvalue weighted by atomic mass is 32.1. The molecule has 3 rings (SSSR count). The minimum Gasteiger partial charge on any atom is -0.508 e.